The van der Waals surface area contributed by atoms with Crippen molar-refractivity contribution in [3.8, 4) is 11.3 Å². The minimum atomic E-state index is -0.793. The van der Waals surface area contributed by atoms with Gasteiger partial charge in [-0.1, -0.05) is 0 Å². The molecule has 1 aromatic carbocycles. The van der Waals surface area contributed by atoms with Gasteiger partial charge in [-0.15, -0.1) is 0 Å². The van der Waals surface area contributed by atoms with Crippen LogP contribution in [-0.4, -0.2) is 44.2 Å². The molecule has 0 unspecified atom stereocenters. The van der Waals surface area contributed by atoms with E-state index in [1.54, 1.807) is 20.2 Å². The van der Waals surface area contributed by atoms with Gasteiger partial charge in [-0.2, -0.15) is 0 Å². The van der Waals surface area contributed by atoms with E-state index in [0.717, 1.165) is 23.4 Å². The number of nitrogens with zero attached hydrogens (tertiary/aromatic N) is 6. The molecule has 1 saturated heterocycles. The number of benzene rings is 1. The number of halogens is 2. The largest absolute Gasteiger partial charge is 0.370 e. The van der Waals surface area contributed by atoms with Crippen molar-refractivity contribution in [1.82, 2.24) is 24.5 Å². The van der Waals surface area contributed by atoms with Crippen molar-refractivity contribution in [1.29, 1.82) is 0 Å². The highest BCUT2D eigenvalue weighted by Gasteiger charge is 2.27. The molecule has 1 aliphatic rings. The minimum Gasteiger partial charge on any atom is -0.370 e. The van der Waals surface area contributed by atoms with E-state index < -0.39 is 11.6 Å². The fourth-order valence-corrected chi connectivity index (χ4v) is 4.05. The molecule has 8 nitrogen and oxygen atoms in total. The predicted molar refractivity (Wildman–Crippen MR) is 123 cm³/mol. The third-order valence-corrected chi connectivity index (χ3v) is 5.97. The Balaban J connectivity index is 1.66. The molecule has 0 radical (unpaired) electrons. The van der Waals surface area contributed by atoms with Gasteiger partial charge in [-0.25, -0.2) is 23.7 Å². The number of aryl methyl sites for hydroxylation is 2. The normalized spacial score (nSPS) is 16.3. The number of fused-ring (bicyclic) bond motifs is 1. The first-order chi connectivity index (χ1) is 16.3. The maximum Gasteiger partial charge on any atom is 0.279 e. The van der Waals surface area contributed by atoms with Crippen LogP contribution >= 0.6 is 0 Å². The molecule has 3 aromatic heterocycles. The molecule has 10 heteroatoms. The average molecular weight is 464 g/mol. The Bertz CT molecular complexity index is 1470. The Kier molecular flexibility index (Phi) is 5.52. The highest BCUT2D eigenvalue weighted by atomic mass is 19.1. The molecule has 34 heavy (non-hydrogen) atoms. The highest BCUT2D eigenvalue weighted by molar-refractivity contribution is 5.89. The number of hydrogen-bond acceptors (Lipinski definition) is 7. The lowest BCUT2D eigenvalue weighted by Crippen LogP contribution is -2.39. The summed E-state index contributed by atoms with van der Waals surface area (Å²) in [6.45, 7) is 4.91. The van der Waals surface area contributed by atoms with Crippen molar-refractivity contribution in [2.45, 2.75) is 20.0 Å². The fraction of sp³-hybridized carbons (Fsp3) is 0.292. The zero-order valence-corrected chi connectivity index (χ0v) is 18.9. The van der Waals surface area contributed by atoms with E-state index in [1.165, 1.54) is 10.6 Å². The van der Waals surface area contributed by atoms with Crippen LogP contribution in [-0.2, 0) is 11.8 Å². The fourth-order valence-electron chi connectivity index (χ4n) is 4.05. The van der Waals surface area contributed by atoms with Crippen LogP contribution < -0.4 is 10.5 Å². The van der Waals surface area contributed by atoms with Gasteiger partial charge in [0, 0.05) is 37.1 Å². The Morgan fingerprint density at radius 1 is 1.06 bits per heavy atom. The average Bonchev–Trinajstić information content (AvgIpc) is 2.82. The number of morpholine rings is 1. The van der Waals surface area contributed by atoms with Crippen LogP contribution in [0, 0.1) is 25.5 Å². The molecular weight excluding hydrogens is 442 g/mol. The molecule has 4 heterocycles. The summed E-state index contributed by atoms with van der Waals surface area (Å²) in [6, 6.07) is 7.08. The van der Waals surface area contributed by atoms with Gasteiger partial charge in [0.15, 0.2) is 5.52 Å². The lowest BCUT2D eigenvalue weighted by atomic mass is 10.1. The van der Waals surface area contributed by atoms with E-state index in [4.69, 9.17) is 4.74 Å². The zero-order chi connectivity index (χ0) is 24.0. The van der Waals surface area contributed by atoms with Gasteiger partial charge in [0.2, 0.25) is 5.95 Å². The van der Waals surface area contributed by atoms with Crippen molar-refractivity contribution < 1.29 is 13.5 Å². The summed E-state index contributed by atoms with van der Waals surface area (Å²) in [6.07, 6.45) is 1.48. The second kappa shape index (κ2) is 8.53. The van der Waals surface area contributed by atoms with E-state index in [0.29, 0.717) is 25.5 Å². The van der Waals surface area contributed by atoms with Crippen LogP contribution in [0.4, 0.5) is 14.7 Å². The van der Waals surface area contributed by atoms with E-state index in [2.05, 4.69) is 19.9 Å². The Hall–Kier alpha value is -3.79. The summed E-state index contributed by atoms with van der Waals surface area (Å²) < 4.78 is 35.7. The maximum absolute atomic E-state index is 14.8. The third kappa shape index (κ3) is 3.90. The number of pyridine rings is 1. The molecule has 1 aliphatic heterocycles. The number of rotatable bonds is 3. The van der Waals surface area contributed by atoms with E-state index in [-0.39, 0.29) is 39.9 Å². The van der Waals surface area contributed by atoms with Gasteiger partial charge in [0.05, 0.1) is 13.2 Å². The maximum atomic E-state index is 14.8. The summed E-state index contributed by atoms with van der Waals surface area (Å²) in [4.78, 5) is 32.8. The molecule has 0 N–H and O–H groups in total. The summed E-state index contributed by atoms with van der Waals surface area (Å²) in [5.41, 5.74) is 1.90. The molecule has 1 atom stereocenters. The van der Waals surface area contributed by atoms with Crippen molar-refractivity contribution in [2.75, 3.05) is 24.6 Å². The number of aromatic nitrogens is 5. The molecule has 0 aliphatic carbocycles. The number of hydrogen-bond donors (Lipinski definition) is 0. The second-order valence-corrected chi connectivity index (χ2v) is 8.25. The molecule has 4 aromatic rings. The summed E-state index contributed by atoms with van der Waals surface area (Å²) in [7, 11) is 1.60. The van der Waals surface area contributed by atoms with Crippen molar-refractivity contribution in [2.24, 2.45) is 7.05 Å². The van der Waals surface area contributed by atoms with Gasteiger partial charge >= 0.3 is 0 Å². The van der Waals surface area contributed by atoms with Gasteiger partial charge in [-0.3, -0.25) is 14.3 Å². The molecule has 174 valence electrons. The third-order valence-electron chi connectivity index (χ3n) is 5.97. The van der Waals surface area contributed by atoms with Crippen LogP contribution in [0.1, 0.15) is 23.2 Å². The smallest absolute Gasteiger partial charge is 0.279 e. The van der Waals surface area contributed by atoms with Gasteiger partial charge in [0.25, 0.3) is 5.56 Å². The van der Waals surface area contributed by atoms with E-state index in [9.17, 15) is 13.6 Å². The van der Waals surface area contributed by atoms with Gasteiger partial charge in [0.1, 0.15) is 34.8 Å². The minimum absolute atomic E-state index is 0.0461. The van der Waals surface area contributed by atoms with E-state index >= 15 is 0 Å². The Morgan fingerprint density at radius 2 is 1.88 bits per heavy atom. The SMILES string of the molecule is Cc1cc([C@@H]2CN(c3nc(-c4ccc(F)cc4F)c4nc(C)n(C)c(=O)c4n3)CCO2)ccn1. The molecule has 0 amide bonds. The van der Waals surface area contributed by atoms with Crippen LogP contribution in [0.25, 0.3) is 22.3 Å². The van der Waals surface area contributed by atoms with Gasteiger partial charge < -0.3 is 9.64 Å². The monoisotopic (exact) mass is 464 g/mol. The number of anilines is 1. The topological polar surface area (TPSA) is 86.0 Å². The molecule has 0 bridgehead atoms. The summed E-state index contributed by atoms with van der Waals surface area (Å²) in [5.74, 6) is -0.813. The zero-order valence-electron chi connectivity index (χ0n) is 18.9. The second-order valence-electron chi connectivity index (χ2n) is 8.25. The Labute approximate surface area is 193 Å². The summed E-state index contributed by atoms with van der Waals surface area (Å²) in [5, 5.41) is 0. The quantitative estimate of drug-likeness (QED) is 0.460. The van der Waals surface area contributed by atoms with Crippen LogP contribution in [0.5, 0.6) is 0 Å². The van der Waals surface area contributed by atoms with Gasteiger partial charge in [-0.05, 0) is 43.7 Å². The first-order valence-electron chi connectivity index (χ1n) is 10.8. The molecule has 0 saturated carbocycles. The van der Waals surface area contributed by atoms with Crippen LogP contribution in [0.3, 0.4) is 0 Å². The first-order valence-corrected chi connectivity index (χ1v) is 10.8. The van der Waals surface area contributed by atoms with Crippen molar-refractivity contribution in [3.63, 3.8) is 0 Å². The predicted octanol–water partition coefficient (Wildman–Crippen LogP) is 3.26. The number of ether oxygens (including phenoxy) is 1. The van der Waals surface area contributed by atoms with Crippen LogP contribution in [0.2, 0.25) is 0 Å². The highest BCUT2D eigenvalue weighted by Crippen LogP contribution is 2.30. The lowest BCUT2D eigenvalue weighted by Gasteiger charge is -2.33. The Morgan fingerprint density at radius 3 is 2.65 bits per heavy atom. The van der Waals surface area contributed by atoms with Crippen molar-refractivity contribution in [3.05, 3.63) is 75.6 Å². The van der Waals surface area contributed by atoms with Crippen molar-refractivity contribution >= 4 is 17.0 Å². The van der Waals surface area contributed by atoms with Crippen LogP contribution in [0.15, 0.2) is 41.3 Å². The summed E-state index contributed by atoms with van der Waals surface area (Å²) >= 11 is 0. The first kappa shape index (κ1) is 22.0. The standard InChI is InChI=1S/C24H22F2N6O2/c1-13-10-15(6-7-27-13)19-12-32(8-9-34-19)24-29-20(17-5-4-16(25)11-18(17)26)21-22(30-24)23(33)31(3)14(2)28-21/h4-7,10-11,19H,8-9,12H2,1-3H3/t19-/m0/s1. The lowest BCUT2D eigenvalue weighted by molar-refractivity contribution is 0.0391. The van der Waals surface area contributed by atoms with E-state index in [1.807, 2.05) is 24.0 Å². The molecule has 5 rings (SSSR count). The molecular formula is C24H22F2N6O2. The molecule has 0 spiro atoms. The molecule has 1 fully saturated rings.